The number of hydrogen-bond donors (Lipinski definition) is 0. The lowest BCUT2D eigenvalue weighted by Crippen LogP contribution is -2.39. The molecule has 1 aromatic rings. The molecule has 0 unspecified atom stereocenters. The quantitative estimate of drug-likeness (QED) is 0.792. The molecule has 0 saturated heterocycles. The van der Waals surface area contributed by atoms with Gasteiger partial charge in [0.15, 0.2) is 0 Å². The lowest BCUT2D eigenvalue weighted by molar-refractivity contribution is -0.313. The molecule has 0 N–H and O–H groups in total. The zero-order valence-corrected chi connectivity index (χ0v) is 12.4. The van der Waals surface area contributed by atoms with Crippen molar-refractivity contribution in [2.75, 3.05) is 0 Å². The first-order valence-corrected chi connectivity index (χ1v) is 6.80. The van der Waals surface area contributed by atoms with Gasteiger partial charge in [-0.05, 0) is 48.4 Å². The molecule has 0 fully saturated rings. The van der Waals surface area contributed by atoms with E-state index in [1.807, 2.05) is 25.1 Å². The predicted octanol–water partition coefficient (Wildman–Crippen LogP) is 2.59. The first kappa shape index (κ1) is 15.5. The van der Waals surface area contributed by atoms with Gasteiger partial charge in [0.05, 0.1) is 5.97 Å². The highest BCUT2D eigenvalue weighted by atomic mass is 16.5. The van der Waals surface area contributed by atoms with E-state index in [-0.39, 0.29) is 5.41 Å². The van der Waals surface area contributed by atoms with Crippen molar-refractivity contribution >= 4 is 5.97 Å². The molecule has 1 atom stereocenters. The Labute approximate surface area is 115 Å². The molecule has 1 aromatic carbocycles. The van der Waals surface area contributed by atoms with Crippen LogP contribution in [0.15, 0.2) is 18.2 Å². The molecule has 0 saturated carbocycles. The minimum absolute atomic E-state index is 0.112. The van der Waals surface area contributed by atoms with E-state index in [0.29, 0.717) is 12.2 Å². The molecule has 0 spiro atoms. The number of carbonyl (C=O) groups is 1. The molecule has 19 heavy (non-hydrogen) atoms. The summed E-state index contributed by atoms with van der Waals surface area (Å²) in [6.07, 6.45) is 0.554. The molecular weight excluding hydrogens is 240 g/mol. The van der Waals surface area contributed by atoms with Crippen molar-refractivity contribution in [3.8, 4) is 5.75 Å². The SMILES string of the molecule is CC[C@H](Oc1ccc(C(C)(C)CC)c(C)c1)C(=O)[O-]. The molecule has 0 heterocycles. The first-order chi connectivity index (χ1) is 8.81. The maximum Gasteiger partial charge on any atom is 0.138 e. The lowest BCUT2D eigenvalue weighted by atomic mass is 9.80. The summed E-state index contributed by atoms with van der Waals surface area (Å²) in [5.41, 5.74) is 2.50. The van der Waals surface area contributed by atoms with E-state index in [1.54, 1.807) is 6.92 Å². The third kappa shape index (κ3) is 3.72. The van der Waals surface area contributed by atoms with Crippen LogP contribution in [-0.2, 0) is 10.2 Å². The molecule has 3 nitrogen and oxygen atoms in total. The summed E-state index contributed by atoms with van der Waals surface area (Å²) in [4.78, 5) is 10.9. The molecule has 3 heteroatoms. The number of aliphatic carboxylic acids is 1. The Kier molecular flexibility index (Phi) is 4.98. The average molecular weight is 263 g/mol. The summed E-state index contributed by atoms with van der Waals surface area (Å²) in [6.45, 7) is 10.4. The highest BCUT2D eigenvalue weighted by Gasteiger charge is 2.20. The molecule has 0 aromatic heterocycles. The fourth-order valence-corrected chi connectivity index (χ4v) is 2.12. The van der Waals surface area contributed by atoms with Gasteiger partial charge in [-0.2, -0.15) is 0 Å². The van der Waals surface area contributed by atoms with Gasteiger partial charge in [-0.15, -0.1) is 0 Å². The standard InChI is InChI=1S/C16H24O3/c1-6-14(15(17)18)19-12-8-9-13(11(3)10-12)16(4,5)7-2/h8-10,14H,6-7H2,1-5H3,(H,17,18)/p-1/t14-/m0/s1. The van der Waals surface area contributed by atoms with E-state index in [9.17, 15) is 9.90 Å². The van der Waals surface area contributed by atoms with Crippen molar-refractivity contribution in [2.24, 2.45) is 0 Å². The van der Waals surface area contributed by atoms with Gasteiger partial charge in [-0.3, -0.25) is 0 Å². The second kappa shape index (κ2) is 6.09. The minimum atomic E-state index is -1.17. The summed E-state index contributed by atoms with van der Waals surface area (Å²) in [5, 5.41) is 10.9. The maximum absolute atomic E-state index is 10.9. The van der Waals surface area contributed by atoms with Crippen LogP contribution in [0.2, 0.25) is 0 Å². The van der Waals surface area contributed by atoms with Crippen LogP contribution in [-0.4, -0.2) is 12.1 Å². The molecule has 0 bridgehead atoms. The largest absolute Gasteiger partial charge is 0.546 e. The van der Waals surface area contributed by atoms with E-state index >= 15 is 0 Å². The van der Waals surface area contributed by atoms with Crippen LogP contribution in [0.1, 0.15) is 51.7 Å². The topological polar surface area (TPSA) is 49.4 Å². The number of carboxylic acid groups (broad SMARTS) is 1. The lowest BCUT2D eigenvalue weighted by Gasteiger charge is -2.26. The van der Waals surface area contributed by atoms with Crippen LogP contribution in [0.5, 0.6) is 5.75 Å². The maximum atomic E-state index is 10.9. The number of ether oxygens (including phenoxy) is 1. The Morgan fingerprint density at radius 2 is 2.00 bits per heavy atom. The van der Waals surface area contributed by atoms with Gasteiger partial charge in [-0.25, -0.2) is 0 Å². The highest BCUT2D eigenvalue weighted by molar-refractivity contribution is 5.70. The molecule has 1 rings (SSSR count). The molecule has 0 aliphatic heterocycles. The van der Waals surface area contributed by atoms with E-state index < -0.39 is 12.1 Å². The highest BCUT2D eigenvalue weighted by Crippen LogP contribution is 2.31. The van der Waals surface area contributed by atoms with Crippen molar-refractivity contribution in [3.63, 3.8) is 0 Å². The third-order valence-corrected chi connectivity index (χ3v) is 3.72. The van der Waals surface area contributed by atoms with Crippen LogP contribution in [0.4, 0.5) is 0 Å². The monoisotopic (exact) mass is 263 g/mol. The predicted molar refractivity (Wildman–Crippen MR) is 74.2 cm³/mol. The summed E-state index contributed by atoms with van der Waals surface area (Å²) in [5.74, 6) is -0.581. The fourth-order valence-electron chi connectivity index (χ4n) is 2.12. The van der Waals surface area contributed by atoms with Crippen LogP contribution in [0.3, 0.4) is 0 Å². The number of benzene rings is 1. The van der Waals surface area contributed by atoms with Gasteiger partial charge < -0.3 is 14.6 Å². The number of hydrogen-bond acceptors (Lipinski definition) is 3. The fraction of sp³-hybridized carbons (Fsp3) is 0.562. The van der Waals surface area contributed by atoms with Crippen LogP contribution in [0, 0.1) is 6.92 Å². The summed E-state index contributed by atoms with van der Waals surface area (Å²) in [7, 11) is 0. The summed E-state index contributed by atoms with van der Waals surface area (Å²) < 4.78 is 5.45. The van der Waals surface area contributed by atoms with Crippen LogP contribution in [0.25, 0.3) is 0 Å². The Bertz CT molecular complexity index is 449. The molecule has 0 aliphatic rings. The van der Waals surface area contributed by atoms with Gasteiger partial charge in [0.25, 0.3) is 0 Å². The zero-order valence-electron chi connectivity index (χ0n) is 12.4. The van der Waals surface area contributed by atoms with Crippen molar-refractivity contribution in [3.05, 3.63) is 29.3 Å². The first-order valence-electron chi connectivity index (χ1n) is 6.80. The summed E-state index contributed by atoms with van der Waals surface area (Å²) in [6, 6.07) is 5.76. The van der Waals surface area contributed by atoms with Crippen LogP contribution >= 0.6 is 0 Å². The molecule has 0 radical (unpaired) electrons. The van der Waals surface area contributed by atoms with Crippen molar-refractivity contribution in [2.45, 2.75) is 59.0 Å². The number of aryl methyl sites for hydroxylation is 1. The molecule has 0 aliphatic carbocycles. The van der Waals surface area contributed by atoms with Crippen molar-refractivity contribution in [1.29, 1.82) is 0 Å². The third-order valence-electron chi connectivity index (χ3n) is 3.72. The van der Waals surface area contributed by atoms with Gasteiger partial charge in [0.1, 0.15) is 11.9 Å². The Hall–Kier alpha value is -1.51. The van der Waals surface area contributed by atoms with E-state index in [4.69, 9.17) is 4.74 Å². The van der Waals surface area contributed by atoms with E-state index in [0.717, 1.165) is 12.0 Å². The van der Waals surface area contributed by atoms with E-state index in [2.05, 4.69) is 20.8 Å². The van der Waals surface area contributed by atoms with Crippen molar-refractivity contribution in [1.82, 2.24) is 0 Å². The minimum Gasteiger partial charge on any atom is -0.546 e. The van der Waals surface area contributed by atoms with Crippen LogP contribution < -0.4 is 9.84 Å². The van der Waals surface area contributed by atoms with Crippen molar-refractivity contribution < 1.29 is 14.6 Å². The summed E-state index contributed by atoms with van der Waals surface area (Å²) >= 11 is 0. The van der Waals surface area contributed by atoms with Gasteiger partial charge in [-0.1, -0.05) is 33.8 Å². The molecular formula is C16H23O3-. The molecule has 106 valence electrons. The Balaban J connectivity index is 2.97. The average Bonchev–Trinajstić information content (AvgIpc) is 2.35. The van der Waals surface area contributed by atoms with Gasteiger partial charge in [0.2, 0.25) is 0 Å². The van der Waals surface area contributed by atoms with Gasteiger partial charge in [0, 0.05) is 0 Å². The Morgan fingerprint density at radius 3 is 2.42 bits per heavy atom. The number of carboxylic acids is 1. The van der Waals surface area contributed by atoms with E-state index in [1.165, 1.54) is 5.56 Å². The number of rotatable bonds is 6. The smallest absolute Gasteiger partial charge is 0.138 e. The molecule has 0 amide bonds. The normalized spacial score (nSPS) is 13.1. The second-order valence-corrected chi connectivity index (χ2v) is 5.55. The van der Waals surface area contributed by atoms with Gasteiger partial charge >= 0.3 is 0 Å². The zero-order chi connectivity index (χ0) is 14.6. The number of carbonyl (C=O) groups excluding carboxylic acids is 1. The Morgan fingerprint density at radius 1 is 1.37 bits per heavy atom. The second-order valence-electron chi connectivity index (χ2n) is 5.55.